The van der Waals surface area contributed by atoms with Gasteiger partial charge < -0.3 is 10.4 Å². The maximum absolute atomic E-state index is 11.5. The number of fused-ring (bicyclic) bond motifs is 2. The number of benzene rings is 2. The molecule has 3 heteroatoms. The minimum absolute atomic E-state index is 0.489. The molecule has 0 amide bonds. The van der Waals surface area contributed by atoms with E-state index in [0.717, 1.165) is 22.5 Å². The van der Waals surface area contributed by atoms with Crippen molar-refractivity contribution in [2.75, 3.05) is 5.32 Å². The first-order valence-corrected chi connectivity index (χ1v) is 5.92. The minimum atomic E-state index is -0.777. The number of carboxylic acids is 1. The molecule has 0 radical (unpaired) electrons. The summed E-state index contributed by atoms with van der Waals surface area (Å²) in [7, 11) is 0. The highest BCUT2D eigenvalue weighted by Gasteiger charge is 2.26. The van der Waals surface area contributed by atoms with Crippen LogP contribution in [0.1, 0.15) is 17.0 Å². The Morgan fingerprint density at radius 2 is 1.72 bits per heavy atom. The third kappa shape index (κ3) is 1.74. The Morgan fingerprint density at radius 3 is 2.50 bits per heavy atom. The van der Waals surface area contributed by atoms with Crippen LogP contribution in [0.5, 0.6) is 0 Å². The molecule has 0 saturated heterocycles. The van der Waals surface area contributed by atoms with Gasteiger partial charge in [-0.2, -0.15) is 0 Å². The summed E-state index contributed by atoms with van der Waals surface area (Å²) in [5, 5.41) is 12.7. The van der Waals surface area contributed by atoms with Crippen molar-refractivity contribution in [3.63, 3.8) is 0 Å². The van der Waals surface area contributed by atoms with Crippen LogP contribution < -0.4 is 5.32 Å². The van der Waals surface area contributed by atoms with E-state index in [0.29, 0.717) is 6.42 Å². The summed E-state index contributed by atoms with van der Waals surface area (Å²) >= 11 is 0. The molecule has 1 atom stereocenters. The average Bonchev–Trinajstić information content (AvgIpc) is 2.55. The van der Waals surface area contributed by atoms with E-state index in [-0.39, 0.29) is 0 Å². The van der Waals surface area contributed by atoms with Crippen LogP contribution in [0.25, 0.3) is 0 Å². The third-order valence-electron chi connectivity index (χ3n) is 3.35. The average molecular weight is 239 g/mol. The molecule has 0 aromatic heterocycles. The first-order valence-electron chi connectivity index (χ1n) is 5.92. The first kappa shape index (κ1) is 10.8. The zero-order valence-corrected chi connectivity index (χ0v) is 9.76. The molecule has 0 aliphatic carbocycles. The summed E-state index contributed by atoms with van der Waals surface area (Å²) in [5.41, 5.74) is 3.77. The van der Waals surface area contributed by atoms with Gasteiger partial charge in [0, 0.05) is 11.4 Å². The Morgan fingerprint density at radius 1 is 1.06 bits per heavy atom. The summed E-state index contributed by atoms with van der Waals surface area (Å²) in [6, 6.07) is 15.5. The van der Waals surface area contributed by atoms with Crippen LogP contribution in [-0.4, -0.2) is 11.1 Å². The van der Waals surface area contributed by atoms with E-state index in [1.807, 2.05) is 48.5 Å². The molecule has 18 heavy (non-hydrogen) atoms. The largest absolute Gasteiger partial charge is 0.481 e. The molecular formula is C15H13NO2. The Bertz CT molecular complexity index is 607. The Hall–Kier alpha value is -2.29. The smallest absolute Gasteiger partial charge is 0.311 e. The van der Waals surface area contributed by atoms with Crippen molar-refractivity contribution in [3.05, 3.63) is 59.7 Å². The summed E-state index contributed by atoms with van der Waals surface area (Å²) in [6.07, 6.45) is 0.523. The predicted molar refractivity (Wildman–Crippen MR) is 70.2 cm³/mol. The molecule has 2 aromatic rings. The van der Waals surface area contributed by atoms with E-state index in [1.165, 1.54) is 0 Å². The molecule has 2 aromatic carbocycles. The number of anilines is 2. The van der Waals surface area contributed by atoms with Crippen LogP contribution in [0.3, 0.4) is 0 Å². The molecule has 90 valence electrons. The number of para-hydroxylation sites is 2. The Labute approximate surface area is 105 Å². The van der Waals surface area contributed by atoms with Crippen molar-refractivity contribution in [3.8, 4) is 0 Å². The van der Waals surface area contributed by atoms with Crippen molar-refractivity contribution >= 4 is 17.3 Å². The van der Waals surface area contributed by atoms with E-state index in [1.54, 1.807) is 0 Å². The molecule has 1 unspecified atom stereocenters. The Balaban J connectivity index is 2.17. The fraction of sp³-hybridized carbons (Fsp3) is 0.133. The zero-order chi connectivity index (χ0) is 12.5. The van der Waals surface area contributed by atoms with Gasteiger partial charge in [0.2, 0.25) is 0 Å². The maximum atomic E-state index is 11.5. The molecule has 1 aliphatic rings. The van der Waals surface area contributed by atoms with Gasteiger partial charge in [0.05, 0.1) is 5.92 Å². The molecular weight excluding hydrogens is 226 g/mol. The number of carbonyl (C=O) groups is 1. The summed E-state index contributed by atoms with van der Waals surface area (Å²) in [4.78, 5) is 11.5. The monoisotopic (exact) mass is 239 g/mol. The number of hydrogen-bond acceptors (Lipinski definition) is 2. The van der Waals surface area contributed by atoms with Crippen LogP contribution in [-0.2, 0) is 11.2 Å². The maximum Gasteiger partial charge on any atom is 0.311 e. The second kappa shape index (κ2) is 4.18. The van der Waals surface area contributed by atoms with E-state index in [9.17, 15) is 9.90 Å². The lowest BCUT2D eigenvalue weighted by Crippen LogP contribution is -2.13. The van der Waals surface area contributed by atoms with Crippen molar-refractivity contribution in [2.24, 2.45) is 0 Å². The summed E-state index contributed by atoms with van der Waals surface area (Å²) in [5.74, 6) is -1.27. The topological polar surface area (TPSA) is 49.3 Å². The van der Waals surface area contributed by atoms with Gasteiger partial charge in [-0.05, 0) is 29.7 Å². The van der Waals surface area contributed by atoms with Crippen molar-refractivity contribution in [1.82, 2.24) is 0 Å². The van der Waals surface area contributed by atoms with E-state index in [2.05, 4.69) is 5.32 Å². The molecule has 3 nitrogen and oxygen atoms in total. The zero-order valence-electron chi connectivity index (χ0n) is 9.76. The van der Waals surface area contributed by atoms with Crippen molar-refractivity contribution < 1.29 is 9.90 Å². The van der Waals surface area contributed by atoms with Gasteiger partial charge >= 0.3 is 5.97 Å². The van der Waals surface area contributed by atoms with Crippen LogP contribution >= 0.6 is 0 Å². The lowest BCUT2D eigenvalue weighted by molar-refractivity contribution is -0.138. The third-order valence-corrected chi connectivity index (χ3v) is 3.35. The number of nitrogens with one attached hydrogen (secondary N) is 1. The lowest BCUT2D eigenvalue weighted by Gasteiger charge is -2.12. The second-order valence-electron chi connectivity index (χ2n) is 4.46. The van der Waals surface area contributed by atoms with Gasteiger partial charge in [-0.25, -0.2) is 0 Å². The second-order valence-corrected chi connectivity index (χ2v) is 4.46. The fourth-order valence-corrected chi connectivity index (χ4v) is 2.43. The fourth-order valence-electron chi connectivity index (χ4n) is 2.43. The van der Waals surface area contributed by atoms with E-state index in [4.69, 9.17) is 0 Å². The van der Waals surface area contributed by atoms with Crippen molar-refractivity contribution in [2.45, 2.75) is 12.3 Å². The minimum Gasteiger partial charge on any atom is -0.481 e. The number of aliphatic carboxylic acids is 1. The van der Waals surface area contributed by atoms with Crippen molar-refractivity contribution in [1.29, 1.82) is 0 Å². The van der Waals surface area contributed by atoms with Gasteiger partial charge in [0.15, 0.2) is 0 Å². The van der Waals surface area contributed by atoms with E-state index >= 15 is 0 Å². The SMILES string of the molecule is O=C(O)C1Cc2ccccc2Nc2ccccc21. The van der Waals surface area contributed by atoms with Crippen LogP contribution in [0.2, 0.25) is 0 Å². The molecule has 3 rings (SSSR count). The van der Waals surface area contributed by atoms with Gasteiger partial charge in [-0.15, -0.1) is 0 Å². The standard InChI is InChI=1S/C15H13NO2/c17-15(18)12-9-10-5-1-3-7-13(10)16-14-8-4-2-6-11(12)14/h1-8,12,16H,9H2,(H,17,18). The Kier molecular flexibility index (Phi) is 2.52. The van der Waals surface area contributed by atoms with Crippen LogP contribution in [0.4, 0.5) is 11.4 Å². The lowest BCUT2D eigenvalue weighted by atomic mass is 9.92. The van der Waals surface area contributed by atoms with Gasteiger partial charge in [-0.1, -0.05) is 36.4 Å². The number of hydrogen-bond donors (Lipinski definition) is 2. The molecule has 2 N–H and O–H groups in total. The highest BCUT2D eigenvalue weighted by Crippen LogP contribution is 2.36. The first-order chi connectivity index (χ1) is 8.75. The van der Waals surface area contributed by atoms with Gasteiger partial charge in [0.1, 0.15) is 0 Å². The summed E-state index contributed by atoms with van der Waals surface area (Å²) < 4.78 is 0. The molecule has 0 fully saturated rings. The number of rotatable bonds is 1. The molecule has 1 heterocycles. The molecule has 0 saturated carbocycles. The summed E-state index contributed by atoms with van der Waals surface area (Å²) in [6.45, 7) is 0. The van der Waals surface area contributed by atoms with Crippen LogP contribution in [0, 0.1) is 0 Å². The normalized spacial score (nSPS) is 17.0. The van der Waals surface area contributed by atoms with E-state index < -0.39 is 11.9 Å². The van der Waals surface area contributed by atoms with Crippen LogP contribution in [0.15, 0.2) is 48.5 Å². The van der Waals surface area contributed by atoms with Gasteiger partial charge in [0.25, 0.3) is 0 Å². The van der Waals surface area contributed by atoms with Gasteiger partial charge in [-0.3, -0.25) is 4.79 Å². The highest BCUT2D eigenvalue weighted by molar-refractivity contribution is 5.82. The number of carboxylic acid groups (broad SMARTS) is 1. The quantitative estimate of drug-likeness (QED) is 0.803. The molecule has 0 spiro atoms. The highest BCUT2D eigenvalue weighted by atomic mass is 16.4. The molecule has 1 aliphatic heterocycles. The predicted octanol–water partition coefficient (Wildman–Crippen LogP) is 3.15. The molecule has 0 bridgehead atoms.